The number of esters is 1. The summed E-state index contributed by atoms with van der Waals surface area (Å²) in [7, 11) is 1.28. The maximum Gasteiger partial charge on any atom is 0.411 e. The first-order chi connectivity index (χ1) is 24.3. The number of hydrogen-bond acceptors (Lipinski definition) is 9. The Bertz CT molecular complexity index is 1950. The number of methoxy groups -OCH3 is 1. The fourth-order valence-electron chi connectivity index (χ4n) is 6.40. The van der Waals surface area contributed by atoms with Crippen molar-refractivity contribution in [3.63, 3.8) is 0 Å². The van der Waals surface area contributed by atoms with Crippen LogP contribution in [0.2, 0.25) is 0 Å². The Hall–Kier alpha value is -5.58. The predicted molar refractivity (Wildman–Crippen MR) is 189 cm³/mol. The summed E-state index contributed by atoms with van der Waals surface area (Å²) >= 11 is 0. The molecule has 3 atom stereocenters. The number of aryl methyl sites for hydroxylation is 1. The molecular weight excluding hydrogens is 650 g/mol. The predicted octanol–water partition coefficient (Wildman–Crippen LogP) is 6.15. The monoisotopic (exact) mass is 693 g/mol. The smallest absolute Gasteiger partial charge is 0.411 e. The molecule has 11 heteroatoms. The lowest BCUT2D eigenvalue weighted by molar-refractivity contribution is -0.145. The summed E-state index contributed by atoms with van der Waals surface area (Å²) in [5, 5.41) is 12.8. The average molecular weight is 694 g/mol. The zero-order valence-corrected chi connectivity index (χ0v) is 29.7. The molecule has 0 aliphatic carbocycles. The first kappa shape index (κ1) is 35.3. The summed E-state index contributed by atoms with van der Waals surface area (Å²) in [6.45, 7) is 9.57. The molecule has 3 aromatic carbocycles. The van der Waals surface area contributed by atoms with Gasteiger partial charge in [-0.25, -0.2) is 9.59 Å². The molecule has 0 unspecified atom stereocenters. The van der Waals surface area contributed by atoms with E-state index in [0.29, 0.717) is 11.5 Å². The molecule has 2 N–H and O–H groups in total. The van der Waals surface area contributed by atoms with Crippen LogP contribution in [-0.4, -0.2) is 64.4 Å². The van der Waals surface area contributed by atoms with E-state index in [1.807, 2.05) is 62.4 Å². The topological polar surface area (TPSA) is 137 Å². The molecule has 6 rings (SSSR count). The number of nitrogens with zero attached hydrogens (tertiary/aromatic N) is 2. The number of carbonyl (C=O) groups excluding carboxylic acids is 3. The SMILES string of the molecule is COC(=O)[C@H](Cc1ccc(-c2ccnc(C)c2C)cc1)NC(=O)[C@@H]1Cc2cc3c(cc2CN1C(=O)OC(C)(C)C)O[C@@H](c1cccc(O)c1)CO3. The van der Waals surface area contributed by atoms with Gasteiger partial charge in [-0.3, -0.25) is 14.7 Å². The maximum atomic E-state index is 14.1. The Morgan fingerprint density at radius 1 is 1.02 bits per heavy atom. The molecule has 0 radical (unpaired) electrons. The van der Waals surface area contributed by atoms with Crippen LogP contribution >= 0.6 is 0 Å². The summed E-state index contributed by atoms with van der Waals surface area (Å²) in [5.41, 5.74) is 6.48. The lowest BCUT2D eigenvalue weighted by atomic mass is 9.92. The summed E-state index contributed by atoms with van der Waals surface area (Å²) in [6.07, 6.45) is 1.01. The quantitative estimate of drug-likeness (QED) is 0.219. The first-order valence-electron chi connectivity index (χ1n) is 16.9. The Balaban J connectivity index is 1.24. The minimum atomic E-state index is -1.00. The lowest BCUT2D eigenvalue weighted by Crippen LogP contribution is -2.56. The van der Waals surface area contributed by atoms with E-state index in [-0.39, 0.29) is 31.7 Å². The molecular formula is C40H43N3O8. The van der Waals surface area contributed by atoms with E-state index in [0.717, 1.165) is 44.6 Å². The normalized spacial score (nSPS) is 17.2. The third kappa shape index (κ3) is 7.93. The number of aromatic nitrogens is 1. The summed E-state index contributed by atoms with van der Waals surface area (Å²) in [4.78, 5) is 46.4. The molecule has 266 valence electrons. The highest BCUT2D eigenvalue weighted by Crippen LogP contribution is 2.41. The summed E-state index contributed by atoms with van der Waals surface area (Å²) < 4.78 is 23.2. The van der Waals surface area contributed by atoms with E-state index in [1.165, 1.54) is 12.0 Å². The number of pyridine rings is 1. The van der Waals surface area contributed by atoms with Gasteiger partial charge in [0.15, 0.2) is 17.6 Å². The zero-order valence-electron chi connectivity index (χ0n) is 29.7. The second kappa shape index (κ2) is 14.3. The molecule has 11 nitrogen and oxygen atoms in total. The van der Waals surface area contributed by atoms with E-state index in [4.69, 9.17) is 18.9 Å². The number of fused-ring (bicyclic) bond motifs is 2. The van der Waals surface area contributed by atoms with Gasteiger partial charge in [0.05, 0.1) is 13.7 Å². The standard InChI is InChI=1S/C40H43N3O8/c1-23-24(2)41-15-14-31(23)26-12-10-25(11-13-26)16-32(38(46)48-6)42-37(45)33-18-28-19-34-35(20-29(28)21-43(33)39(47)51-40(3,4)5)50-36(22-49-34)27-8-7-9-30(44)17-27/h7-15,17,19-20,32-33,36,44H,16,18,21-22H2,1-6H3,(H,42,45)/t32-,33-,36+/m0/s1. The van der Waals surface area contributed by atoms with Crippen LogP contribution in [0, 0.1) is 13.8 Å². The Labute approximate surface area is 297 Å². The van der Waals surface area contributed by atoms with Crippen molar-refractivity contribution in [3.8, 4) is 28.4 Å². The number of amides is 2. The highest BCUT2D eigenvalue weighted by Gasteiger charge is 2.40. The van der Waals surface area contributed by atoms with Crippen LogP contribution in [0.3, 0.4) is 0 Å². The fraction of sp³-hybridized carbons (Fsp3) is 0.350. The Kier molecular flexibility index (Phi) is 9.91. The van der Waals surface area contributed by atoms with Crippen molar-refractivity contribution >= 4 is 18.0 Å². The molecule has 0 spiro atoms. The number of nitrogens with one attached hydrogen (secondary N) is 1. The van der Waals surface area contributed by atoms with Gasteiger partial charge in [0, 0.05) is 24.7 Å². The molecule has 2 aliphatic heterocycles. The highest BCUT2D eigenvalue weighted by atomic mass is 16.6. The Morgan fingerprint density at radius 3 is 2.47 bits per heavy atom. The van der Waals surface area contributed by atoms with Gasteiger partial charge in [-0.2, -0.15) is 0 Å². The average Bonchev–Trinajstić information content (AvgIpc) is 3.10. The number of phenols is 1. The molecule has 1 aromatic heterocycles. The van der Waals surface area contributed by atoms with E-state index in [1.54, 1.807) is 45.2 Å². The molecule has 0 saturated carbocycles. The lowest BCUT2D eigenvalue weighted by Gasteiger charge is -2.38. The van der Waals surface area contributed by atoms with Crippen molar-refractivity contribution in [3.05, 3.63) is 106 Å². The van der Waals surface area contributed by atoms with Gasteiger partial charge in [0.1, 0.15) is 30.0 Å². The minimum Gasteiger partial charge on any atom is -0.508 e. The van der Waals surface area contributed by atoms with Crippen molar-refractivity contribution < 1.29 is 38.4 Å². The number of hydrogen-bond donors (Lipinski definition) is 2. The summed E-state index contributed by atoms with van der Waals surface area (Å²) in [5.74, 6) is 0.0202. The van der Waals surface area contributed by atoms with Crippen molar-refractivity contribution in [1.29, 1.82) is 0 Å². The van der Waals surface area contributed by atoms with Gasteiger partial charge in [-0.1, -0.05) is 36.4 Å². The van der Waals surface area contributed by atoms with Gasteiger partial charge >= 0.3 is 12.1 Å². The van der Waals surface area contributed by atoms with Gasteiger partial charge in [-0.05, 0) is 104 Å². The Morgan fingerprint density at radius 2 is 1.76 bits per heavy atom. The van der Waals surface area contributed by atoms with E-state index < -0.39 is 41.8 Å². The summed E-state index contributed by atoms with van der Waals surface area (Å²) in [6, 6.07) is 18.3. The maximum absolute atomic E-state index is 14.1. The number of carbonyl (C=O) groups is 3. The third-order valence-corrected chi connectivity index (χ3v) is 9.19. The number of benzene rings is 3. The van der Waals surface area contributed by atoms with Gasteiger partial charge in [-0.15, -0.1) is 0 Å². The van der Waals surface area contributed by atoms with E-state index in [9.17, 15) is 19.5 Å². The van der Waals surface area contributed by atoms with Crippen molar-refractivity contribution in [2.24, 2.45) is 0 Å². The van der Waals surface area contributed by atoms with Crippen LogP contribution in [0.25, 0.3) is 11.1 Å². The first-order valence-corrected chi connectivity index (χ1v) is 16.9. The number of phenolic OH excluding ortho intramolecular Hbond substituents is 1. The van der Waals surface area contributed by atoms with E-state index >= 15 is 0 Å². The molecule has 2 aliphatic rings. The highest BCUT2D eigenvalue weighted by molar-refractivity contribution is 5.90. The van der Waals surface area contributed by atoms with Gasteiger partial charge < -0.3 is 29.4 Å². The number of ether oxygens (including phenoxy) is 4. The van der Waals surface area contributed by atoms with Crippen LogP contribution in [0.1, 0.15) is 60.4 Å². The largest absolute Gasteiger partial charge is 0.508 e. The van der Waals surface area contributed by atoms with Gasteiger partial charge in [0.25, 0.3) is 0 Å². The molecule has 0 fully saturated rings. The molecule has 3 heterocycles. The molecule has 4 aromatic rings. The number of rotatable bonds is 7. The van der Waals surface area contributed by atoms with Crippen LogP contribution in [-0.2, 0) is 38.4 Å². The fourth-order valence-corrected chi connectivity index (χ4v) is 6.40. The second-order valence-corrected chi connectivity index (χ2v) is 14.0. The van der Waals surface area contributed by atoms with E-state index in [2.05, 4.69) is 10.3 Å². The van der Waals surface area contributed by atoms with Gasteiger partial charge in [0.2, 0.25) is 5.91 Å². The van der Waals surface area contributed by atoms with Crippen LogP contribution in [0.15, 0.2) is 72.9 Å². The number of aromatic hydroxyl groups is 1. The minimum absolute atomic E-state index is 0.0635. The van der Waals surface area contributed by atoms with Crippen molar-refractivity contribution in [1.82, 2.24) is 15.2 Å². The van der Waals surface area contributed by atoms with Crippen LogP contribution < -0.4 is 14.8 Å². The van der Waals surface area contributed by atoms with Crippen LogP contribution in [0.4, 0.5) is 4.79 Å². The van der Waals surface area contributed by atoms with Crippen LogP contribution in [0.5, 0.6) is 17.2 Å². The van der Waals surface area contributed by atoms with Crippen molar-refractivity contribution in [2.45, 2.75) is 77.8 Å². The third-order valence-electron chi connectivity index (χ3n) is 9.19. The zero-order chi connectivity index (χ0) is 36.4. The molecule has 51 heavy (non-hydrogen) atoms. The molecule has 2 amide bonds. The van der Waals surface area contributed by atoms with Crippen molar-refractivity contribution in [2.75, 3.05) is 13.7 Å². The molecule has 0 bridgehead atoms. The molecule has 0 saturated heterocycles. The second-order valence-electron chi connectivity index (χ2n) is 14.0.